The van der Waals surface area contributed by atoms with Gasteiger partial charge in [0.2, 0.25) is 0 Å². The first-order valence-corrected chi connectivity index (χ1v) is 9.63. The zero-order valence-corrected chi connectivity index (χ0v) is 16.9. The molecule has 0 bridgehead atoms. The highest BCUT2D eigenvalue weighted by atomic mass is 16.6. The molecule has 1 fully saturated rings. The van der Waals surface area contributed by atoms with Gasteiger partial charge in [-0.25, -0.2) is 0 Å². The molecule has 0 spiro atoms. The maximum atomic E-state index is 11.3. The summed E-state index contributed by atoms with van der Waals surface area (Å²) in [5.74, 6) is 0.824. The van der Waals surface area contributed by atoms with Gasteiger partial charge in [0.25, 0.3) is 5.69 Å². The van der Waals surface area contributed by atoms with Gasteiger partial charge < -0.3 is 9.64 Å². The SMILES string of the molecule is COc1ccc(/C(C)=N\Nc2ccc([N+](=O)[O-])cc2[N+](=O)[O-])cc1C[NH+]1CCCC1. The van der Waals surface area contributed by atoms with E-state index in [9.17, 15) is 20.2 Å². The summed E-state index contributed by atoms with van der Waals surface area (Å²) >= 11 is 0. The third-order valence-corrected chi connectivity index (χ3v) is 5.18. The molecule has 0 amide bonds. The molecule has 0 saturated carbocycles. The Bertz CT molecular complexity index is 986. The molecule has 0 atom stereocenters. The molecule has 0 unspecified atom stereocenters. The molecule has 2 N–H and O–H groups in total. The van der Waals surface area contributed by atoms with E-state index in [1.165, 1.54) is 29.9 Å². The maximum absolute atomic E-state index is 11.3. The number of hydrogen-bond donors (Lipinski definition) is 2. The van der Waals surface area contributed by atoms with Crippen LogP contribution in [0.15, 0.2) is 41.5 Å². The minimum atomic E-state index is -0.676. The van der Waals surface area contributed by atoms with Crippen molar-refractivity contribution in [2.24, 2.45) is 5.10 Å². The zero-order chi connectivity index (χ0) is 21.7. The van der Waals surface area contributed by atoms with Gasteiger partial charge in [-0.1, -0.05) is 0 Å². The molecule has 1 aliphatic heterocycles. The Kier molecular flexibility index (Phi) is 6.58. The highest BCUT2D eigenvalue weighted by molar-refractivity contribution is 5.99. The summed E-state index contributed by atoms with van der Waals surface area (Å²) in [6, 6.07) is 9.19. The van der Waals surface area contributed by atoms with E-state index in [4.69, 9.17) is 4.74 Å². The van der Waals surface area contributed by atoms with Crippen molar-refractivity contribution in [2.75, 3.05) is 25.6 Å². The lowest BCUT2D eigenvalue weighted by Crippen LogP contribution is -3.08. The molecule has 1 heterocycles. The molecule has 158 valence electrons. The Labute approximate surface area is 173 Å². The lowest BCUT2D eigenvalue weighted by molar-refractivity contribution is -0.901. The van der Waals surface area contributed by atoms with Gasteiger partial charge in [0.1, 0.15) is 18.0 Å². The minimum absolute atomic E-state index is 0.0835. The van der Waals surface area contributed by atoms with Crippen LogP contribution in [0.4, 0.5) is 17.1 Å². The first kappa shape index (κ1) is 21.2. The lowest BCUT2D eigenvalue weighted by Gasteiger charge is -2.15. The average Bonchev–Trinajstić information content (AvgIpc) is 3.24. The fourth-order valence-electron chi connectivity index (χ4n) is 3.55. The third kappa shape index (κ3) is 4.90. The first-order chi connectivity index (χ1) is 14.4. The second kappa shape index (κ2) is 9.31. The van der Waals surface area contributed by atoms with Crippen LogP contribution >= 0.6 is 0 Å². The zero-order valence-electron chi connectivity index (χ0n) is 16.9. The summed E-state index contributed by atoms with van der Waals surface area (Å²) in [6.07, 6.45) is 2.46. The van der Waals surface area contributed by atoms with Gasteiger partial charge in [-0.3, -0.25) is 25.7 Å². The molecular weight excluding hydrogens is 390 g/mol. The summed E-state index contributed by atoms with van der Waals surface area (Å²) in [5, 5.41) is 26.4. The molecular formula is C20H24N5O5+. The number of quaternary nitrogens is 1. The number of hydrazone groups is 1. The molecule has 0 aromatic heterocycles. The molecule has 3 rings (SSSR count). The van der Waals surface area contributed by atoms with E-state index in [-0.39, 0.29) is 11.4 Å². The molecule has 2 aromatic rings. The number of hydrogen-bond acceptors (Lipinski definition) is 7. The molecule has 1 saturated heterocycles. The predicted molar refractivity (Wildman–Crippen MR) is 112 cm³/mol. The van der Waals surface area contributed by atoms with E-state index in [1.54, 1.807) is 14.0 Å². The van der Waals surface area contributed by atoms with E-state index in [2.05, 4.69) is 10.5 Å². The number of nitro benzene ring substituents is 2. The van der Waals surface area contributed by atoms with E-state index >= 15 is 0 Å². The van der Waals surface area contributed by atoms with Crippen LogP contribution in [0.3, 0.4) is 0 Å². The summed E-state index contributed by atoms with van der Waals surface area (Å²) in [7, 11) is 1.65. The second-order valence-corrected chi connectivity index (χ2v) is 7.19. The Morgan fingerprint density at radius 2 is 1.87 bits per heavy atom. The molecule has 10 heteroatoms. The first-order valence-electron chi connectivity index (χ1n) is 9.63. The van der Waals surface area contributed by atoms with Crippen molar-refractivity contribution in [1.29, 1.82) is 0 Å². The van der Waals surface area contributed by atoms with Gasteiger partial charge in [0, 0.05) is 24.5 Å². The topological polar surface area (TPSA) is 124 Å². The highest BCUT2D eigenvalue weighted by Gasteiger charge is 2.20. The molecule has 10 nitrogen and oxygen atoms in total. The van der Waals surface area contributed by atoms with E-state index in [0.29, 0.717) is 5.71 Å². The second-order valence-electron chi connectivity index (χ2n) is 7.19. The Hall–Kier alpha value is -3.53. The van der Waals surface area contributed by atoms with Crippen LogP contribution in [0, 0.1) is 20.2 Å². The van der Waals surface area contributed by atoms with Crippen LogP contribution in [0.1, 0.15) is 30.9 Å². The Balaban J connectivity index is 1.83. The number of benzene rings is 2. The molecule has 0 radical (unpaired) electrons. The van der Waals surface area contributed by atoms with Gasteiger partial charge in [-0.05, 0) is 36.8 Å². The van der Waals surface area contributed by atoms with Gasteiger partial charge in [-0.15, -0.1) is 0 Å². The molecule has 0 aliphatic carbocycles. The average molecular weight is 414 g/mol. The number of nitrogens with zero attached hydrogens (tertiary/aromatic N) is 3. The normalized spacial score (nSPS) is 14.5. The monoisotopic (exact) mass is 414 g/mol. The largest absolute Gasteiger partial charge is 0.496 e. The van der Waals surface area contributed by atoms with E-state index in [0.717, 1.165) is 42.6 Å². The van der Waals surface area contributed by atoms with Crippen LogP contribution in [-0.2, 0) is 6.54 Å². The number of rotatable bonds is 8. The van der Waals surface area contributed by atoms with Crippen molar-refractivity contribution < 1.29 is 19.5 Å². The maximum Gasteiger partial charge on any atom is 0.301 e. The Morgan fingerprint density at radius 1 is 1.13 bits per heavy atom. The van der Waals surface area contributed by atoms with Crippen molar-refractivity contribution in [1.82, 2.24) is 0 Å². The summed E-state index contributed by atoms with van der Waals surface area (Å²) in [4.78, 5) is 22.3. The van der Waals surface area contributed by atoms with Crippen LogP contribution in [0.5, 0.6) is 5.75 Å². The van der Waals surface area contributed by atoms with E-state index in [1.807, 2.05) is 18.2 Å². The third-order valence-electron chi connectivity index (χ3n) is 5.18. The smallest absolute Gasteiger partial charge is 0.301 e. The van der Waals surface area contributed by atoms with Gasteiger partial charge in [-0.2, -0.15) is 5.10 Å². The summed E-state index contributed by atoms with van der Waals surface area (Å²) in [6.45, 7) is 4.95. The van der Waals surface area contributed by atoms with Crippen LogP contribution < -0.4 is 15.1 Å². The highest BCUT2D eigenvalue weighted by Crippen LogP contribution is 2.29. The molecule has 30 heavy (non-hydrogen) atoms. The fourth-order valence-corrected chi connectivity index (χ4v) is 3.55. The van der Waals surface area contributed by atoms with Crippen LogP contribution in [0.25, 0.3) is 0 Å². The van der Waals surface area contributed by atoms with Crippen LogP contribution in [-0.4, -0.2) is 35.8 Å². The Morgan fingerprint density at radius 3 is 2.50 bits per heavy atom. The van der Waals surface area contributed by atoms with Crippen molar-refractivity contribution in [3.8, 4) is 5.75 Å². The van der Waals surface area contributed by atoms with Crippen molar-refractivity contribution in [3.63, 3.8) is 0 Å². The lowest BCUT2D eigenvalue weighted by atomic mass is 10.1. The number of likely N-dealkylation sites (tertiary alicyclic amines) is 1. The quantitative estimate of drug-likeness (QED) is 0.389. The molecule has 1 aliphatic rings. The number of non-ortho nitro benzene ring substituents is 1. The van der Waals surface area contributed by atoms with Crippen molar-refractivity contribution >= 4 is 22.8 Å². The summed E-state index contributed by atoms with van der Waals surface area (Å²) in [5.41, 5.74) is 4.57. The summed E-state index contributed by atoms with van der Waals surface area (Å²) < 4.78 is 5.49. The van der Waals surface area contributed by atoms with Gasteiger partial charge in [0.15, 0.2) is 0 Å². The van der Waals surface area contributed by atoms with Crippen molar-refractivity contribution in [2.45, 2.75) is 26.3 Å². The number of anilines is 1. The molecule has 2 aromatic carbocycles. The number of methoxy groups -OCH3 is 1. The van der Waals surface area contributed by atoms with Gasteiger partial charge >= 0.3 is 5.69 Å². The van der Waals surface area contributed by atoms with E-state index < -0.39 is 15.5 Å². The number of ether oxygens (including phenoxy) is 1. The number of nitro groups is 2. The standard InChI is InChI=1S/C20H23N5O5/c1-14(21-22-18-7-6-17(24(26)27)12-19(18)25(28)29)15-5-8-20(30-2)16(11-15)13-23-9-3-4-10-23/h5-8,11-12,22H,3-4,9-10,13H2,1-2H3/p+1/b21-14-. The van der Waals surface area contributed by atoms with Gasteiger partial charge in [0.05, 0.1) is 41.8 Å². The number of nitrogens with one attached hydrogen (secondary N) is 2. The predicted octanol–water partition coefficient (Wildman–Crippen LogP) is 2.53. The van der Waals surface area contributed by atoms with Crippen LogP contribution in [0.2, 0.25) is 0 Å². The fraction of sp³-hybridized carbons (Fsp3) is 0.350. The van der Waals surface area contributed by atoms with Crippen molar-refractivity contribution in [3.05, 3.63) is 67.8 Å². The minimum Gasteiger partial charge on any atom is -0.496 e.